The summed E-state index contributed by atoms with van der Waals surface area (Å²) < 4.78 is 14.2. The molecule has 2 aromatic rings. The number of hydrogen-bond donors (Lipinski definition) is 1. The number of carbonyl (C=O) groups is 2. The molecule has 4 rings (SSSR count). The molecule has 2 amide bonds. The van der Waals surface area contributed by atoms with Crippen molar-refractivity contribution in [1.29, 1.82) is 0 Å². The summed E-state index contributed by atoms with van der Waals surface area (Å²) >= 11 is 7.59. The molecule has 0 aliphatic carbocycles. The lowest BCUT2D eigenvalue weighted by molar-refractivity contribution is -0.119. The molecule has 2 aromatic carbocycles. The second-order valence-corrected chi connectivity index (χ2v) is 9.72. The fourth-order valence-electron chi connectivity index (χ4n) is 4.54. The van der Waals surface area contributed by atoms with Crippen molar-refractivity contribution >= 4 is 35.2 Å². The van der Waals surface area contributed by atoms with E-state index < -0.39 is 11.7 Å². The molecule has 1 saturated heterocycles. The normalized spacial score (nSPS) is 18.7. The second-order valence-electron chi connectivity index (χ2n) is 8.44. The van der Waals surface area contributed by atoms with Gasteiger partial charge < -0.3 is 10.2 Å². The molecule has 8 heteroatoms. The highest BCUT2D eigenvalue weighted by molar-refractivity contribution is 7.99. The van der Waals surface area contributed by atoms with Gasteiger partial charge >= 0.3 is 0 Å². The molecule has 1 N–H and O–H groups in total. The van der Waals surface area contributed by atoms with Crippen LogP contribution in [-0.4, -0.2) is 59.8 Å². The number of nitrogens with zero attached hydrogens (tertiary/aromatic N) is 2. The summed E-state index contributed by atoms with van der Waals surface area (Å²) in [5.41, 5.74) is 2.21. The van der Waals surface area contributed by atoms with Gasteiger partial charge in [-0.25, -0.2) is 4.39 Å². The Labute approximate surface area is 203 Å². The maximum absolute atomic E-state index is 14.2. The van der Waals surface area contributed by atoms with Crippen molar-refractivity contribution < 1.29 is 14.0 Å². The molecule has 2 aliphatic rings. The number of benzene rings is 2. The number of nitrogens with one attached hydrogen (secondary N) is 1. The lowest BCUT2D eigenvalue weighted by atomic mass is 10.0. The summed E-state index contributed by atoms with van der Waals surface area (Å²) in [5.74, 6) is -0.274. The first-order chi connectivity index (χ1) is 16.0. The van der Waals surface area contributed by atoms with Crippen LogP contribution in [0.4, 0.5) is 4.39 Å². The van der Waals surface area contributed by atoms with Crippen LogP contribution in [0.1, 0.15) is 28.4 Å². The predicted molar refractivity (Wildman–Crippen MR) is 131 cm³/mol. The first-order valence-electron chi connectivity index (χ1n) is 11.0. The molecule has 1 fully saturated rings. The quantitative estimate of drug-likeness (QED) is 0.601. The molecular formula is C25H27ClFN3O2S. The number of halogens is 2. The van der Waals surface area contributed by atoms with Crippen LogP contribution in [0, 0.1) is 11.7 Å². The minimum absolute atomic E-state index is 0.0401. The van der Waals surface area contributed by atoms with Gasteiger partial charge in [-0.15, -0.1) is 0 Å². The van der Waals surface area contributed by atoms with Gasteiger partial charge in [0.15, 0.2) is 0 Å². The lowest BCUT2D eigenvalue weighted by Crippen LogP contribution is -2.34. The molecular weight excluding hydrogens is 461 g/mol. The van der Waals surface area contributed by atoms with Gasteiger partial charge in [0, 0.05) is 38.3 Å². The number of likely N-dealkylation sites (tertiary alicyclic amines) is 1. The second kappa shape index (κ2) is 10.7. The smallest absolute Gasteiger partial charge is 0.262 e. The van der Waals surface area contributed by atoms with E-state index in [1.165, 1.54) is 35.5 Å². The molecule has 33 heavy (non-hydrogen) atoms. The number of thioether (sulfide) groups is 1. The van der Waals surface area contributed by atoms with E-state index >= 15 is 0 Å². The zero-order chi connectivity index (χ0) is 23.4. The van der Waals surface area contributed by atoms with Crippen molar-refractivity contribution in [2.45, 2.75) is 12.5 Å². The third-order valence-corrected chi connectivity index (χ3v) is 7.00. The molecule has 174 valence electrons. The summed E-state index contributed by atoms with van der Waals surface area (Å²) in [6.07, 6.45) is 4.57. The van der Waals surface area contributed by atoms with Crippen LogP contribution in [0.3, 0.4) is 0 Å². The fourth-order valence-corrected chi connectivity index (χ4v) is 5.13. The van der Waals surface area contributed by atoms with Gasteiger partial charge in [0.1, 0.15) is 5.82 Å². The monoisotopic (exact) mass is 487 g/mol. The van der Waals surface area contributed by atoms with Crippen LogP contribution >= 0.6 is 23.4 Å². The Morgan fingerprint density at radius 3 is 2.67 bits per heavy atom. The largest absolute Gasteiger partial charge is 0.349 e. The maximum Gasteiger partial charge on any atom is 0.262 e. The van der Waals surface area contributed by atoms with Crippen LogP contribution < -0.4 is 5.32 Å². The highest BCUT2D eigenvalue weighted by Gasteiger charge is 2.36. The van der Waals surface area contributed by atoms with Crippen molar-refractivity contribution in [1.82, 2.24) is 15.1 Å². The molecule has 0 spiro atoms. The fraction of sp³-hybridized carbons (Fsp3) is 0.360. The van der Waals surface area contributed by atoms with Crippen LogP contribution in [0.15, 0.2) is 60.3 Å². The Hall–Kier alpha value is -2.35. The van der Waals surface area contributed by atoms with Crippen LogP contribution in [0.5, 0.6) is 0 Å². The molecule has 5 nitrogen and oxygen atoms in total. The van der Waals surface area contributed by atoms with Gasteiger partial charge in [-0.05, 0) is 35.9 Å². The Morgan fingerprint density at radius 1 is 1.18 bits per heavy atom. The number of fused-ring (bicyclic) bond motifs is 1. The summed E-state index contributed by atoms with van der Waals surface area (Å²) in [7, 11) is 0. The highest BCUT2D eigenvalue weighted by atomic mass is 35.5. The highest BCUT2D eigenvalue weighted by Crippen LogP contribution is 2.32. The van der Waals surface area contributed by atoms with E-state index in [0.717, 1.165) is 31.6 Å². The van der Waals surface area contributed by atoms with E-state index in [9.17, 15) is 14.0 Å². The number of carbonyl (C=O) groups excluding carboxylic acids is 2. The van der Waals surface area contributed by atoms with Crippen molar-refractivity contribution in [3.63, 3.8) is 0 Å². The maximum atomic E-state index is 14.2. The van der Waals surface area contributed by atoms with Gasteiger partial charge in [0.25, 0.3) is 5.91 Å². The molecule has 0 radical (unpaired) electrons. The zero-order valence-electron chi connectivity index (χ0n) is 18.5. The van der Waals surface area contributed by atoms with Gasteiger partial charge in [0.2, 0.25) is 5.91 Å². The molecule has 0 aromatic heterocycles. The first kappa shape index (κ1) is 23.8. The summed E-state index contributed by atoms with van der Waals surface area (Å²) in [6.45, 7) is 2.96. The summed E-state index contributed by atoms with van der Waals surface area (Å²) in [4.78, 5) is 29.0. The van der Waals surface area contributed by atoms with Gasteiger partial charge in [-0.3, -0.25) is 14.5 Å². The minimum Gasteiger partial charge on any atom is -0.349 e. The Kier molecular flexibility index (Phi) is 7.73. The minimum atomic E-state index is -0.597. The third kappa shape index (κ3) is 5.60. The number of amides is 2. The topological polar surface area (TPSA) is 52.7 Å². The standard InChI is InChI=1S/C25H27ClFN3O2S/c1-33-16-23(31)28-22(17-6-3-2-4-7-17)10-11-29-12-18-14-30(15-19(18)13-29)25(32)24-20(26)8-5-9-21(24)27/h2-9,14,19,22H,10-13,15-16H2,1H3,(H,28,31)/t19?,22-/m0/s1. The average molecular weight is 488 g/mol. The molecule has 2 heterocycles. The van der Waals surface area contributed by atoms with E-state index in [-0.39, 0.29) is 28.5 Å². The van der Waals surface area contributed by atoms with Crippen LogP contribution in [0.2, 0.25) is 5.02 Å². The van der Waals surface area contributed by atoms with Crippen molar-refractivity contribution in [2.75, 3.05) is 38.2 Å². The third-order valence-electron chi connectivity index (χ3n) is 6.13. The van der Waals surface area contributed by atoms with E-state index in [1.54, 1.807) is 4.90 Å². The summed E-state index contributed by atoms with van der Waals surface area (Å²) in [6, 6.07) is 14.3. The van der Waals surface area contributed by atoms with E-state index in [2.05, 4.69) is 10.2 Å². The van der Waals surface area contributed by atoms with Crippen molar-refractivity contribution in [3.8, 4) is 0 Å². The molecule has 2 atom stereocenters. The van der Waals surface area contributed by atoms with E-state index in [1.807, 2.05) is 42.8 Å². The SMILES string of the molecule is CSCC(=O)N[C@@H](CCN1CC2=CN(C(=O)c3c(F)cccc3Cl)CC2C1)c1ccccc1. The summed E-state index contributed by atoms with van der Waals surface area (Å²) in [5, 5.41) is 3.29. The molecule has 0 saturated carbocycles. The van der Waals surface area contributed by atoms with E-state index in [4.69, 9.17) is 11.6 Å². The van der Waals surface area contributed by atoms with E-state index in [0.29, 0.717) is 12.3 Å². The molecule has 2 aliphatic heterocycles. The lowest BCUT2D eigenvalue weighted by Gasteiger charge is -2.24. The number of rotatable bonds is 8. The Balaban J connectivity index is 1.37. The predicted octanol–water partition coefficient (Wildman–Crippen LogP) is 4.36. The van der Waals surface area contributed by atoms with Gasteiger partial charge in [-0.1, -0.05) is 48.0 Å². The molecule has 0 bridgehead atoms. The Bertz CT molecular complexity index is 1030. The van der Waals surface area contributed by atoms with Gasteiger partial charge in [0.05, 0.1) is 22.4 Å². The first-order valence-corrected chi connectivity index (χ1v) is 12.7. The zero-order valence-corrected chi connectivity index (χ0v) is 20.0. The number of hydrogen-bond acceptors (Lipinski definition) is 4. The van der Waals surface area contributed by atoms with Crippen molar-refractivity contribution in [2.24, 2.45) is 5.92 Å². The van der Waals surface area contributed by atoms with Crippen LogP contribution in [0.25, 0.3) is 0 Å². The molecule has 1 unspecified atom stereocenters. The van der Waals surface area contributed by atoms with Crippen LogP contribution in [-0.2, 0) is 4.79 Å². The van der Waals surface area contributed by atoms with Gasteiger partial charge in [-0.2, -0.15) is 11.8 Å². The van der Waals surface area contributed by atoms with Crippen molar-refractivity contribution in [3.05, 3.63) is 82.3 Å². The Morgan fingerprint density at radius 2 is 1.97 bits per heavy atom. The average Bonchev–Trinajstić information content (AvgIpc) is 3.36.